The summed E-state index contributed by atoms with van der Waals surface area (Å²) < 4.78 is 8.75. The predicted octanol–water partition coefficient (Wildman–Crippen LogP) is 15.9. The first-order valence-corrected chi connectivity index (χ1v) is 21.1. The molecule has 12 aromatic rings. The Labute approximate surface area is 354 Å². The molecule has 0 radical (unpaired) electrons. The van der Waals surface area contributed by atoms with E-state index in [1.807, 2.05) is 18.2 Å². The minimum atomic E-state index is 0.643. The van der Waals surface area contributed by atoms with Crippen LogP contribution in [0.4, 0.5) is 0 Å². The van der Waals surface area contributed by atoms with Gasteiger partial charge in [0.05, 0.1) is 22.2 Å². The van der Waals surface area contributed by atoms with Gasteiger partial charge in [-0.05, 0) is 51.9 Å². The lowest BCUT2D eigenvalue weighted by molar-refractivity contribution is 0.670. The predicted molar refractivity (Wildman–Crippen MR) is 256 cm³/mol. The van der Waals surface area contributed by atoms with Crippen LogP contribution in [-0.4, -0.2) is 14.5 Å². The second-order valence-corrected chi connectivity index (χ2v) is 15.6. The number of nitrogens with zero attached hydrogens (tertiary/aromatic N) is 3. The molecular formula is C57H41N3O. The molecule has 3 aromatic heterocycles. The van der Waals surface area contributed by atoms with Gasteiger partial charge in [-0.2, -0.15) is 0 Å². The van der Waals surface area contributed by atoms with E-state index in [0.29, 0.717) is 5.95 Å². The van der Waals surface area contributed by atoms with E-state index in [4.69, 9.17) is 14.4 Å². The van der Waals surface area contributed by atoms with E-state index in [0.717, 1.165) is 105 Å². The van der Waals surface area contributed by atoms with Crippen molar-refractivity contribution in [2.45, 2.75) is 20.3 Å². The van der Waals surface area contributed by atoms with E-state index in [9.17, 15) is 0 Å². The Balaban J connectivity index is 0.00000136. The van der Waals surface area contributed by atoms with Gasteiger partial charge < -0.3 is 4.42 Å². The number of para-hydroxylation sites is 4. The molecule has 0 aliphatic carbocycles. The molecule has 0 amide bonds. The lowest BCUT2D eigenvalue weighted by Gasteiger charge is -2.15. The fourth-order valence-corrected chi connectivity index (χ4v) is 8.95. The average Bonchev–Trinajstić information content (AvgIpc) is 3.88. The van der Waals surface area contributed by atoms with Crippen LogP contribution < -0.4 is 0 Å². The Bertz CT molecular complexity index is 3600. The highest BCUT2D eigenvalue weighted by atomic mass is 16.3. The summed E-state index contributed by atoms with van der Waals surface area (Å²) in [7, 11) is 0. The van der Waals surface area contributed by atoms with Crippen molar-refractivity contribution in [2.75, 3.05) is 0 Å². The van der Waals surface area contributed by atoms with Crippen LogP contribution in [0.1, 0.15) is 20.3 Å². The van der Waals surface area contributed by atoms with Crippen LogP contribution in [0.25, 0.3) is 116 Å². The first-order chi connectivity index (χ1) is 30.2. The fraction of sp³-hybridized carbons (Fsp3) is 0.0526. The summed E-state index contributed by atoms with van der Waals surface area (Å²) in [6.45, 7) is 4.25. The maximum Gasteiger partial charge on any atom is 0.235 e. The van der Waals surface area contributed by atoms with Crippen LogP contribution in [0.2, 0.25) is 0 Å². The number of rotatable bonds is 5. The molecule has 0 saturated carbocycles. The number of furan rings is 1. The molecule has 12 rings (SSSR count). The first-order valence-electron chi connectivity index (χ1n) is 21.1. The summed E-state index contributed by atoms with van der Waals surface area (Å²) in [5.74, 6) is 0.643. The molecule has 0 saturated heterocycles. The Morgan fingerprint density at radius 2 is 0.967 bits per heavy atom. The molecule has 3 heterocycles. The Kier molecular flexibility index (Phi) is 8.97. The summed E-state index contributed by atoms with van der Waals surface area (Å²) in [6, 6.07) is 70.9. The van der Waals surface area contributed by atoms with Crippen molar-refractivity contribution in [3.63, 3.8) is 0 Å². The number of hydrogen-bond acceptors (Lipinski definition) is 3. The Hall–Kier alpha value is -7.82. The summed E-state index contributed by atoms with van der Waals surface area (Å²) in [6.07, 6.45) is 1.25. The van der Waals surface area contributed by atoms with E-state index in [1.54, 1.807) is 0 Å². The third-order valence-electron chi connectivity index (χ3n) is 11.6. The number of fused-ring (bicyclic) bond motifs is 9. The van der Waals surface area contributed by atoms with Crippen LogP contribution in [0.3, 0.4) is 0 Å². The van der Waals surface area contributed by atoms with Gasteiger partial charge >= 0.3 is 0 Å². The first kappa shape index (κ1) is 36.3. The standard InChI is InChI=1S/C54H33N3O.C3H8/c1-2-15-35(16-3-1)50-47-23-6-8-28-48(47)55-54(56-50)57-51-40-21-5-4-14-34(40)30-31-45(51)44-26-12-24-41(52(44)57)38-19-10-17-36(32-38)37-18-11-20-39(33-37)42-25-13-27-46-43-22-7-9-29-49(43)58-53(42)46;1-3-2/h1-33H;3H2,1-2H3. The topological polar surface area (TPSA) is 43.9 Å². The van der Waals surface area contributed by atoms with Crippen molar-refractivity contribution in [3.8, 4) is 50.6 Å². The van der Waals surface area contributed by atoms with Gasteiger partial charge in [-0.1, -0.05) is 196 Å². The molecule has 9 aromatic carbocycles. The van der Waals surface area contributed by atoms with E-state index in [2.05, 4.69) is 200 Å². The van der Waals surface area contributed by atoms with Crippen molar-refractivity contribution in [1.82, 2.24) is 14.5 Å². The van der Waals surface area contributed by atoms with Gasteiger partial charge in [-0.15, -0.1) is 0 Å². The zero-order chi connectivity index (χ0) is 40.9. The number of benzene rings is 9. The van der Waals surface area contributed by atoms with Crippen molar-refractivity contribution in [3.05, 3.63) is 200 Å². The SMILES string of the molecule is CCC.c1ccc(-c2nc(-n3c4c(-c5cccc(-c6cccc(-c7cccc8c7oc7ccccc78)c6)c5)cccc4c4ccc5ccccc5c43)nc3ccccc23)cc1. The molecule has 0 bridgehead atoms. The monoisotopic (exact) mass is 783 g/mol. The second-order valence-electron chi connectivity index (χ2n) is 15.6. The second kappa shape index (κ2) is 15.1. The van der Waals surface area contributed by atoms with E-state index in [-0.39, 0.29) is 0 Å². The fourth-order valence-electron chi connectivity index (χ4n) is 8.95. The summed E-state index contributed by atoms with van der Waals surface area (Å²) in [5, 5.41) is 7.93. The van der Waals surface area contributed by atoms with Gasteiger partial charge in [0.2, 0.25) is 5.95 Å². The van der Waals surface area contributed by atoms with E-state index >= 15 is 0 Å². The van der Waals surface area contributed by atoms with Gasteiger partial charge in [0.1, 0.15) is 11.2 Å². The highest BCUT2D eigenvalue weighted by Crippen LogP contribution is 2.42. The molecular weight excluding hydrogens is 743 g/mol. The quantitative estimate of drug-likeness (QED) is 0.175. The number of aromatic nitrogens is 3. The van der Waals surface area contributed by atoms with Gasteiger partial charge in [0.15, 0.2) is 0 Å². The Morgan fingerprint density at radius 1 is 0.410 bits per heavy atom. The molecule has 0 unspecified atom stereocenters. The van der Waals surface area contributed by atoms with Crippen molar-refractivity contribution in [2.24, 2.45) is 0 Å². The highest BCUT2D eigenvalue weighted by molar-refractivity contribution is 6.21. The highest BCUT2D eigenvalue weighted by Gasteiger charge is 2.22. The zero-order valence-corrected chi connectivity index (χ0v) is 34.0. The van der Waals surface area contributed by atoms with Crippen LogP contribution in [-0.2, 0) is 0 Å². The van der Waals surface area contributed by atoms with E-state index < -0.39 is 0 Å². The smallest absolute Gasteiger partial charge is 0.235 e. The van der Waals surface area contributed by atoms with Crippen LogP contribution in [0, 0.1) is 0 Å². The lowest BCUT2D eigenvalue weighted by atomic mass is 9.95. The molecule has 0 atom stereocenters. The summed E-state index contributed by atoms with van der Waals surface area (Å²) in [4.78, 5) is 10.8. The molecule has 0 fully saturated rings. The molecule has 4 heteroatoms. The van der Waals surface area contributed by atoms with Crippen molar-refractivity contribution in [1.29, 1.82) is 0 Å². The largest absolute Gasteiger partial charge is 0.455 e. The zero-order valence-electron chi connectivity index (χ0n) is 34.0. The molecule has 61 heavy (non-hydrogen) atoms. The average molecular weight is 784 g/mol. The maximum absolute atomic E-state index is 6.44. The van der Waals surface area contributed by atoms with Gasteiger partial charge in [-0.3, -0.25) is 4.57 Å². The molecule has 0 aliphatic heterocycles. The minimum absolute atomic E-state index is 0.643. The maximum atomic E-state index is 6.44. The molecule has 0 N–H and O–H groups in total. The third-order valence-corrected chi connectivity index (χ3v) is 11.6. The molecule has 4 nitrogen and oxygen atoms in total. The van der Waals surface area contributed by atoms with Gasteiger partial charge in [0.25, 0.3) is 0 Å². The van der Waals surface area contributed by atoms with Crippen LogP contribution in [0.15, 0.2) is 205 Å². The lowest BCUT2D eigenvalue weighted by Crippen LogP contribution is -2.04. The van der Waals surface area contributed by atoms with Crippen LogP contribution in [0.5, 0.6) is 0 Å². The number of hydrogen-bond donors (Lipinski definition) is 0. The van der Waals surface area contributed by atoms with E-state index in [1.165, 1.54) is 11.8 Å². The normalized spacial score (nSPS) is 11.5. The molecule has 0 spiro atoms. The Morgan fingerprint density at radius 3 is 1.75 bits per heavy atom. The summed E-state index contributed by atoms with van der Waals surface area (Å²) >= 11 is 0. The van der Waals surface area contributed by atoms with Crippen molar-refractivity contribution < 1.29 is 4.42 Å². The third kappa shape index (κ3) is 6.15. The van der Waals surface area contributed by atoms with Crippen LogP contribution >= 0.6 is 0 Å². The van der Waals surface area contributed by atoms with Gasteiger partial charge in [-0.25, -0.2) is 9.97 Å². The summed E-state index contributed by atoms with van der Waals surface area (Å²) in [5.41, 5.74) is 13.5. The molecule has 0 aliphatic rings. The minimum Gasteiger partial charge on any atom is -0.455 e. The van der Waals surface area contributed by atoms with Crippen molar-refractivity contribution >= 4 is 65.4 Å². The van der Waals surface area contributed by atoms with Gasteiger partial charge in [0, 0.05) is 49.0 Å². The molecule has 290 valence electrons.